The minimum atomic E-state index is -0.313. The van der Waals surface area contributed by atoms with Crippen LogP contribution in [0, 0.1) is 12.7 Å². The van der Waals surface area contributed by atoms with Gasteiger partial charge in [-0.05, 0) is 24.6 Å². The summed E-state index contributed by atoms with van der Waals surface area (Å²) in [5, 5.41) is 0.656. The largest absolute Gasteiger partial charge is 0.370 e. The number of thiazole rings is 1. The molecule has 27 heavy (non-hydrogen) atoms. The molecule has 2 aromatic carbocycles. The minimum absolute atomic E-state index is 0.0446. The maximum atomic E-state index is 13.5. The lowest BCUT2D eigenvalue weighted by molar-refractivity contribution is -0.0226. The number of benzene rings is 2. The summed E-state index contributed by atoms with van der Waals surface area (Å²) in [6.07, 6.45) is -0.125. The summed E-state index contributed by atoms with van der Waals surface area (Å²) in [6, 6.07) is 16.2. The molecule has 1 fully saturated rings. The second kappa shape index (κ2) is 7.58. The fraction of sp³-hybridized carbons (Fsp3) is 0.238. The molecule has 0 saturated carbocycles. The number of rotatable bonds is 3. The van der Waals surface area contributed by atoms with E-state index >= 15 is 0 Å². The van der Waals surface area contributed by atoms with Crippen LogP contribution in [0.3, 0.4) is 0 Å². The van der Waals surface area contributed by atoms with Gasteiger partial charge in [-0.1, -0.05) is 42.5 Å². The Kier molecular flexibility index (Phi) is 5.01. The van der Waals surface area contributed by atoms with Gasteiger partial charge in [0.05, 0.1) is 18.8 Å². The highest BCUT2D eigenvalue weighted by Gasteiger charge is 2.28. The number of hydrogen-bond acceptors (Lipinski definition) is 4. The molecule has 0 unspecified atom stereocenters. The summed E-state index contributed by atoms with van der Waals surface area (Å²) < 4.78 is 19.4. The first kappa shape index (κ1) is 17.8. The van der Waals surface area contributed by atoms with E-state index in [-0.39, 0.29) is 17.8 Å². The van der Waals surface area contributed by atoms with Crippen molar-refractivity contribution in [3.05, 3.63) is 76.5 Å². The summed E-state index contributed by atoms with van der Waals surface area (Å²) in [5.74, 6) is -0.357. The number of hydrogen-bond donors (Lipinski definition) is 0. The van der Waals surface area contributed by atoms with Crippen LogP contribution in [0.1, 0.15) is 27.0 Å². The normalized spacial score (nSPS) is 17.1. The summed E-state index contributed by atoms with van der Waals surface area (Å²) in [5.41, 5.74) is 2.43. The van der Waals surface area contributed by atoms with E-state index in [1.807, 2.05) is 42.2 Å². The van der Waals surface area contributed by atoms with Gasteiger partial charge in [0.25, 0.3) is 5.91 Å². The number of aromatic nitrogens is 1. The third kappa shape index (κ3) is 3.77. The van der Waals surface area contributed by atoms with Gasteiger partial charge in [-0.15, -0.1) is 11.3 Å². The summed E-state index contributed by atoms with van der Waals surface area (Å²) in [7, 11) is 0. The molecular weight excluding hydrogens is 363 g/mol. The second-order valence-electron chi connectivity index (χ2n) is 6.47. The molecule has 0 bridgehead atoms. The molecule has 0 radical (unpaired) electrons. The van der Waals surface area contributed by atoms with Gasteiger partial charge in [0.15, 0.2) is 0 Å². The molecule has 2 heterocycles. The van der Waals surface area contributed by atoms with Crippen LogP contribution < -0.4 is 0 Å². The van der Waals surface area contributed by atoms with Crippen LogP contribution in [0.5, 0.6) is 0 Å². The molecule has 1 aliphatic rings. The SMILES string of the molecule is Cc1nc(-c2cccc(F)c2)sc1C(=O)N1CCO[C@@H](c2ccccc2)C1. The molecule has 4 nitrogen and oxygen atoms in total. The van der Waals surface area contributed by atoms with Gasteiger partial charge < -0.3 is 9.64 Å². The van der Waals surface area contributed by atoms with Crippen LogP contribution in [0.4, 0.5) is 4.39 Å². The first-order valence-electron chi connectivity index (χ1n) is 8.81. The molecule has 6 heteroatoms. The lowest BCUT2D eigenvalue weighted by atomic mass is 10.1. The van der Waals surface area contributed by atoms with E-state index in [1.54, 1.807) is 12.1 Å². The average Bonchev–Trinajstić information content (AvgIpc) is 3.10. The zero-order chi connectivity index (χ0) is 18.8. The lowest BCUT2D eigenvalue weighted by Crippen LogP contribution is -2.42. The monoisotopic (exact) mass is 382 g/mol. The van der Waals surface area contributed by atoms with E-state index < -0.39 is 0 Å². The van der Waals surface area contributed by atoms with Gasteiger partial charge in [0, 0.05) is 12.1 Å². The van der Waals surface area contributed by atoms with Crippen LogP contribution >= 0.6 is 11.3 Å². The Balaban J connectivity index is 1.56. The maximum absolute atomic E-state index is 13.5. The highest BCUT2D eigenvalue weighted by molar-refractivity contribution is 7.17. The summed E-state index contributed by atoms with van der Waals surface area (Å²) in [6.45, 7) is 3.38. The molecule has 138 valence electrons. The van der Waals surface area contributed by atoms with Gasteiger partial charge in [0.2, 0.25) is 0 Å². The van der Waals surface area contributed by atoms with Crippen molar-refractivity contribution in [2.45, 2.75) is 13.0 Å². The number of carbonyl (C=O) groups excluding carboxylic acids is 1. The molecule has 4 rings (SSSR count). The molecule has 1 aliphatic heterocycles. The maximum Gasteiger partial charge on any atom is 0.266 e. The van der Waals surface area contributed by atoms with Crippen molar-refractivity contribution in [2.24, 2.45) is 0 Å². The molecule has 1 aromatic heterocycles. The van der Waals surface area contributed by atoms with E-state index in [4.69, 9.17) is 4.74 Å². The Bertz CT molecular complexity index is 958. The number of ether oxygens (including phenoxy) is 1. The number of nitrogens with zero attached hydrogens (tertiary/aromatic N) is 2. The summed E-state index contributed by atoms with van der Waals surface area (Å²) >= 11 is 1.31. The number of carbonyl (C=O) groups is 1. The molecular formula is C21H19FN2O2S. The van der Waals surface area contributed by atoms with Crippen molar-refractivity contribution in [3.63, 3.8) is 0 Å². The molecule has 1 amide bonds. The van der Waals surface area contributed by atoms with Gasteiger partial charge in [-0.25, -0.2) is 9.37 Å². The first-order chi connectivity index (χ1) is 13.1. The predicted octanol–water partition coefficient (Wildman–Crippen LogP) is 4.47. The van der Waals surface area contributed by atoms with Gasteiger partial charge in [-0.2, -0.15) is 0 Å². The Morgan fingerprint density at radius 1 is 1.22 bits per heavy atom. The Labute approximate surface area is 161 Å². The number of amides is 1. The average molecular weight is 382 g/mol. The predicted molar refractivity (Wildman–Crippen MR) is 103 cm³/mol. The molecule has 0 N–H and O–H groups in total. The molecule has 0 aliphatic carbocycles. The van der Waals surface area contributed by atoms with Crippen LogP contribution in [0.2, 0.25) is 0 Å². The van der Waals surface area contributed by atoms with E-state index in [0.29, 0.717) is 40.8 Å². The van der Waals surface area contributed by atoms with Crippen molar-refractivity contribution < 1.29 is 13.9 Å². The zero-order valence-electron chi connectivity index (χ0n) is 14.9. The van der Waals surface area contributed by atoms with Gasteiger partial charge in [0.1, 0.15) is 21.8 Å². The Hall–Kier alpha value is -2.57. The van der Waals surface area contributed by atoms with Crippen molar-refractivity contribution >= 4 is 17.2 Å². The van der Waals surface area contributed by atoms with Crippen LogP contribution in [-0.4, -0.2) is 35.5 Å². The Morgan fingerprint density at radius 2 is 2.04 bits per heavy atom. The number of morpholine rings is 1. The standard InChI is InChI=1S/C21H19FN2O2S/c1-14-19(27-20(23-14)16-8-5-9-17(22)12-16)21(25)24-10-11-26-18(13-24)15-6-3-2-4-7-15/h2-9,12,18H,10-11,13H2,1H3/t18-/m1/s1. The third-order valence-corrected chi connectivity index (χ3v) is 5.78. The minimum Gasteiger partial charge on any atom is -0.370 e. The zero-order valence-corrected chi connectivity index (χ0v) is 15.7. The third-order valence-electron chi connectivity index (χ3n) is 4.59. The van der Waals surface area contributed by atoms with Gasteiger partial charge in [-0.3, -0.25) is 4.79 Å². The fourth-order valence-corrected chi connectivity index (χ4v) is 4.22. The number of aryl methyl sites for hydroxylation is 1. The van der Waals surface area contributed by atoms with Crippen LogP contribution in [0.25, 0.3) is 10.6 Å². The number of halogens is 1. The lowest BCUT2D eigenvalue weighted by Gasteiger charge is -2.33. The first-order valence-corrected chi connectivity index (χ1v) is 9.62. The highest BCUT2D eigenvalue weighted by Crippen LogP contribution is 2.30. The van der Waals surface area contributed by atoms with Crippen molar-refractivity contribution in [2.75, 3.05) is 19.7 Å². The summed E-state index contributed by atoms with van der Waals surface area (Å²) in [4.78, 5) is 20.0. The highest BCUT2D eigenvalue weighted by atomic mass is 32.1. The fourth-order valence-electron chi connectivity index (χ4n) is 3.19. The van der Waals surface area contributed by atoms with E-state index in [0.717, 1.165) is 5.56 Å². The van der Waals surface area contributed by atoms with Crippen LogP contribution in [0.15, 0.2) is 54.6 Å². The molecule has 1 saturated heterocycles. The molecule has 1 atom stereocenters. The molecule has 0 spiro atoms. The second-order valence-corrected chi connectivity index (χ2v) is 7.46. The molecule has 3 aromatic rings. The van der Waals surface area contributed by atoms with Crippen molar-refractivity contribution in [1.82, 2.24) is 9.88 Å². The van der Waals surface area contributed by atoms with Crippen molar-refractivity contribution in [1.29, 1.82) is 0 Å². The topological polar surface area (TPSA) is 42.4 Å². The quantitative estimate of drug-likeness (QED) is 0.671. The van der Waals surface area contributed by atoms with Crippen molar-refractivity contribution in [3.8, 4) is 10.6 Å². The van der Waals surface area contributed by atoms with Crippen LogP contribution in [-0.2, 0) is 4.74 Å². The van der Waals surface area contributed by atoms with E-state index in [1.165, 1.54) is 23.5 Å². The van der Waals surface area contributed by atoms with E-state index in [2.05, 4.69) is 4.98 Å². The van der Waals surface area contributed by atoms with Gasteiger partial charge >= 0.3 is 0 Å². The smallest absolute Gasteiger partial charge is 0.266 e. The Morgan fingerprint density at radius 3 is 2.81 bits per heavy atom. The van der Waals surface area contributed by atoms with E-state index in [9.17, 15) is 9.18 Å².